The lowest BCUT2D eigenvalue weighted by Gasteiger charge is -2.55. The van der Waals surface area contributed by atoms with E-state index >= 15 is 0 Å². The Balaban J connectivity index is 1.56. The zero-order valence-electron chi connectivity index (χ0n) is 13.1. The molecule has 1 aromatic rings. The highest BCUT2D eigenvalue weighted by atomic mass is 16.6. The average Bonchev–Trinajstić information content (AvgIpc) is 2.37. The van der Waals surface area contributed by atoms with Crippen LogP contribution in [0.2, 0.25) is 0 Å². The van der Waals surface area contributed by atoms with Crippen molar-refractivity contribution in [3.8, 4) is 0 Å². The van der Waals surface area contributed by atoms with Crippen LogP contribution >= 0.6 is 0 Å². The topological polar surface area (TPSA) is 32.8 Å². The molecule has 0 unspecified atom stereocenters. The van der Waals surface area contributed by atoms with E-state index in [1.807, 2.05) is 31.7 Å². The van der Waals surface area contributed by atoms with Crippen molar-refractivity contribution in [3.05, 3.63) is 35.9 Å². The number of hydrogen-bond acceptors (Lipinski definition) is 3. The van der Waals surface area contributed by atoms with Crippen LogP contribution in [0.5, 0.6) is 0 Å². The average molecular weight is 288 g/mol. The number of piperazine rings is 1. The smallest absolute Gasteiger partial charge is 0.410 e. The Bertz CT molecular complexity index is 497. The second-order valence-electron chi connectivity index (χ2n) is 7.11. The van der Waals surface area contributed by atoms with E-state index in [0.717, 1.165) is 26.1 Å². The number of ether oxygens (including phenoxy) is 1. The minimum Gasteiger partial charge on any atom is -0.444 e. The molecular formula is C17H24N2O2. The summed E-state index contributed by atoms with van der Waals surface area (Å²) in [5.41, 5.74) is 0.924. The lowest BCUT2D eigenvalue weighted by atomic mass is 9.88. The van der Waals surface area contributed by atoms with E-state index in [1.54, 1.807) is 0 Å². The van der Waals surface area contributed by atoms with E-state index in [2.05, 4.69) is 29.2 Å². The Morgan fingerprint density at radius 2 is 1.81 bits per heavy atom. The van der Waals surface area contributed by atoms with Crippen molar-refractivity contribution >= 4 is 6.09 Å². The van der Waals surface area contributed by atoms with E-state index in [9.17, 15) is 4.79 Å². The molecule has 0 spiro atoms. The second-order valence-corrected chi connectivity index (χ2v) is 7.11. The van der Waals surface area contributed by atoms with Crippen LogP contribution in [0.25, 0.3) is 0 Å². The van der Waals surface area contributed by atoms with Crippen molar-refractivity contribution in [2.24, 2.45) is 0 Å². The molecule has 0 N–H and O–H groups in total. The van der Waals surface area contributed by atoms with E-state index < -0.39 is 5.60 Å². The number of rotatable bonds is 2. The predicted molar refractivity (Wildman–Crippen MR) is 82.0 cm³/mol. The molecule has 3 fully saturated rings. The van der Waals surface area contributed by atoms with Crippen LogP contribution in [0.1, 0.15) is 32.8 Å². The van der Waals surface area contributed by atoms with Crippen LogP contribution in [0.15, 0.2) is 30.3 Å². The summed E-state index contributed by atoms with van der Waals surface area (Å²) in [7, 11) is 0. The fourth-order valence-electron chi connectivity index (χ4n) is 3.28. The summed E-state index contributed by atoms with van der Waals surface area (Å²) in [6.07, 6.45) is 0.966. The number of hydrogen-bond donors (Lipinski definition) is 0. The minimum atomic E-state index is -0.412. The van der Waals surface area contributed by atoms with Gasteiger partial charge >= 0.3 is 6.09 Å². The fourth-order valence-corrected chi connectivity index (χ4v) is 3.28. The highest BCUT2D eigenvalue weighted by molar-refractivity contribution is 5.70. The van der Waals surface area contributed by atoms with Gasteiger partial charge in [-0.15, -0.1) is 0 Å². The van der Waals surface area contributed by atoms with E-state index in [-0.39, 0.29) is 6.09 Å². The van der Waals surface area contributed by atoms with Crippen LogP contribution in [0, 0.1) is 0 Å². The predicted octanol–water partition coefficient (Wildman–Crippen LogP) is 2.88. The minimum absolute atomic E-state index is 0.150. The Morgan fingerprint density at radius 1 is 1.19 bits per heavy atom. The van der Waals surface area contributed by atoms with Gasteiger partial charge in [0.2, 0.25) is 0 Å². The lowest BCUT2D eigenvalue weighted by Crippen LogP contribution is -2.70. The molecule has 0 aromatic heterocycles. The molecule has 3 aliphatic rings. The van der Waals surface area contributed by atoms with Crippen LogP contribution < -0.4 is 0 Å². The molecule has 3 aliphatic heterocycles. The number of carbonyl (C=O) groups is 1. The number of amides is 1. The quantitative estimate of drug-likeness (QED) is 0.839. The summed E-state index contributed by atoms with van der Waals surface area (Å²) in [6.45, 7) is 8.62. The monoisotopic (exact) mass is 288 g/mol. The van der Waals surface area contributed by atoms with Gasteiger partial charge in [0, 0.05) is 19.6 Å². The number of carbonyl (C=O) groups excluding carboxylic acids is 1. The van der Waals surface area contributed by atoms with Gasteiger partial charge in [-0.3, -0.25) is 9.80 Å². The Kier molecular flexibility index (Phi) is 3.66. The van der Waals surface area contributed by atoms with Crippen molar-refractivity contribution in [2.45, 2.75) is 51.4 Å². The van der Waals surface area contributed by atoms with Crippen molar-refractivity contribution < 1.29 is 9.53 Å². The van der Waals surface area contributed by atoms with Crippen LogP contribution in [-0.4, -0.2) is 46.7 Å². The van der Waals surface area contributed by atoms with Gasteiger partial charge < -0.3 is 4.74 Å². The van der Waals surface area contributed by atoms with Crippen LogP contribution in [0.4, 0.5) is 4.79 Å². The van der Waals surface area contributed by atoms with Gasteiger partial charge in [-0.05, 0) is 32.8 Å². The molecule has 3 heterocycles. The first-order valence-corrected chi connectivity index (χ1v) is 7.70. The summed E-state index contributed by atoms with van der Waals surface area (Å²) >= 11 is 0. The van der Waals surface area contributed by atoms with Gasteiger partial charge in [0.15, 0.2) is 0 Å². The third-order valence-electron chi connectivity index (χ3n) is 4.12. The van der Waals surface area contributed by atoms with Crippen LogP contribution in [0.3, 0.4) is 0 Å². The Labute approximate surface area is 126 Å². The molecule has 4 nitrogen and oxygen atoms in total. The number of nitrogens with zero attached hydrogens (tertiary/aromatic N) is 2. The first-order valence-electron chi connectivity index (χ1n) is 7.70. The summed E-state index contributed by atoms with van der Waals surface area (Å²) in [6, 6.07) is 11.2. The molecule has 2 atom stereocenters. The SMILES string of the molecule is CC(C)(C)OC(=O)N1[C@H]2C[C@H]1CN(Cc1ccccc1)C2. The van der Waals surface area contributed by atoms with Crippen molar-refractivity contribution in [1.29, 1.82) is 0 Å². The van der Waals surface area contributed by atoms with Crippen molar-refractivity contribution in [2.75, 3.05) is 13.1 Å². The first-order chi connectivity index (χ1) is 9.92. The molecule has 1 aromatic carbocycles. The Morgan fingerprint density at radius 3 is 2.38 bits per heavy atom. The summed E-state index contributed by atoms with van der Waals surface area (Å²) in [5, 5.41) is 0. The summed E-state index contributed by atoms with van der Waals surface area (Å²) < 4.78 is 5.50. The molecular weight excluding hydrogens is 264 g/mol. The molecule has 4 heteroatoms. The third-order valence-corrected chi connectivity index (χ3v) is 4.12. The van der Waals surface area contributed by atoms with Gasteiger partial charge in [-0.25, -0.2) is 4.79 Å². The molecule has 4 rings (SSSR count). The molecule has 2 bridgehead atoms. The highest BCUT2D eigenvalue weighted by Gasteiger charge is 2.48. The lowest BCUT2D eigenvalue weighted by molar-refractivity contribution is -0.0782. The van der Waals surface area contributed by atoms with E-state index in [4.69, 9.17) is 4.74 Å². The van der Waals surface area contributed by atoms with Gasteiger partial charge in [-0.2, -0.15) is 0 Å². The van der Waals surface area contributed by atoms with Crippen molar-refractivity contribution in [3.63, 3.8) is 0 Å². The number of benzene rings is 1. The zero-order chi connectivity index (χ0) is 15.0. The fraction of sp³-hybridized carbons (Fsp3) is 0.588. The maximum atomic E-state index is 12.2. The standard InChI is InChI=1S/C17H24N2O2/c1-17(2,3)21-16(20)19-14-9-15(19)12-18(11-14)10-13-7-5-4-6-8-13/h4-8,14-15H,9-12H2,1-3H3/t14-,15-/m0/s1. The van der Waals surface area contributed by atoms with Gasteiger partial charge in [0.05, 0.1) is 12.1 Å². The largest absolute Gasteiger partial charge is 0.444 e. The molecule has 3 saturated heterocycles. The molecule has 21 heavy (non-hydrogen) atoms. The third kappa shape index (κ3) is 3.21. The van der Waals surface area contributed by atoms with Gasteiger partial charge in [0.1, 0.15) is 5.60 Å². The van der Waals surface area contributed by atoms with E-state index in [1.165, 1.54) is 5.56 Å². The molecule has 0 radical (unpaired) electrons. The molecule has 114 valence electrons. The van der Waals surface area contributed by atoms with Gasteiger partial charge in [0.25, 0.3) is 0 Å². The molecule has 0 aliphatic carbocycles. The zero-order valence-corrected chi connectivity index (χ0v) is 13.1. The van der Waals surface area contributed by atoms with Crippen molar-refractivity contribution in [1.82, 2.24) is 9.80 Å². The summed E-state index contributed by atoms with van der Waals surface area (Å²) in [5.74, 6) is 0. The second kappa shape index (κ2) is 5.34. The normalized spacial score (nSPS) is 25.4. The molecule has 0 saturated carbocycles. The maximum Gasteiger partial charge on any atom is 0.410 e. The van der Waals surface area contributed by atoms with Crippen LogP contribution in [-0.2, 0) is 11.3 Å². The molecule has 1 amide bonds. The number of piperidine rings is 1. The highest BCUT2D eigenvalue weighted by Crippen LogP contribution is 2.34. The summed E-state index contributed by atoms with van der Waals surface area (Å²) in [4.78, 5) is 16.6. The maximum absolute atomic E-state index is 12.2. The Hall–Kier alpha value is -1.55. The first kappa shape index (κ1) is 14.4. The number of fused-ring (bicyclic) bond motifs is 2. The van der Waals surface area contributed by atoms with E-state index in [0.29, 0.717) is 12.1 Å². The van der Waals surface area contributed by atoms with Gasteiger partial charge in [-0.1, -0.05) is 30.3 Å².